The van der Waals surface area contributed by atoms with Crippen LogP contribution in [-0.2, 0) is 9.59 Å². The highest BCUT2D eigenvalue weighted by Gasteiger charge is 2.48. The number of carbonyl (C=O) groups excluding carboxylic acids is 2. The number of para-hydroxylation sites is 1. The Morgan fingerprint density at radius 1 is 0.943 bits per heavy atom. The normalized spacial score (nSPS) is 13.8. The number of nitrogens with zero attached hydrogens (tertiary/aromatic N) is 3. The summed E-state index contributed by atoms with van der Waals surface area (Å²) in [6, 6.07) is 15.7. The Labute approximate surface area is 204 Å². The van der Waals surface area contributed by atoms with Gasteiger partial charge in [-0.1, -0.05) is 29.8 Å². The van der Waals surface area contributed by atoms with Gasteiger partial charge in [0.1, 0.15) is 11.4 Å². The number of nitrogens with one attached hydrogen (secondary N) is 1. The molecule has 3 heterocycles. The summed E-state index contributed by atoms with van der Waals surface area (Å²) in [6.07, 6.45) is 3.28. The Balaban J connectivity index is 1.78. The van der Waals surface area contributed by atoms with Gasteiger partial charge in [-0.15, -0.1) is 0 Å². The second kappa shape index (κ2) is 8.48. The molecular formula is C26H19ClFN4O3+. The molecule has 2 aromatic carbocycles. The molecule has 9 heteroatoms. The van der Waals surface area contributed by atoms with Crippen LogP contribution in [0.4, 0.5) is 10.1 Å². The molecule has 7 nitrogen and oxygen atoms in total. The van der Waals surface area contributed by atoms with Crippen LogP contribution in [-0.4, -0.2) is 21.6 Å². The SMILES string of the molecule is Cc1ccc[n+](C2=C(c3c(C)[nH]n(-c4cccc(Cl)c4)c3=O)C(=O)N(c3ccccc3F)C2=O)c1. The molecule has 35 heavy (non-hydrogen) atoms. The fourth-order valence-corrected chi connectivity index (χ4v) is 4.39. The van der Waals surface area contributed by atoms with Gasteiger partial charge in [0.05, 0.1) is 16.9 Å². The van der Waals surface area contributed by atoms with Crippen molar-refractivity contribution in [1.82, 2.24) is 9.78 Å². The summed E-state index contributed by atoms with van der Waals surface area (Å²) in [5.41, 5.74) is 0.788. The number of hydrogen-bond donors (Lipinski definition) is 1. The zero-order valence-corrected chi connectivity index (χ0v) is 19.5. The van der Waals surface area contributed by atoms with Crippen molar-refractivity contribution in [3.05, 3.63) is 111 Å². The first-order valence-electron chi connectivity index (χ1n) is 10.7. The third-order valence-electron chi connectivity index (χ3n) is 5.75. The fourth-order valence-electron chi connectivity index (χ4n) is 4.21. The van der Waals surface area contributed by atoms with Crippen LogP contribution in [0.15, 0.2) is 77.9 Å². The number of pyridine rings is 1. The van der Waals surface area contributed by atoms with Crippen LogP contribution in [0.1, 0.15) is 16.8 Å². The van der Waals surface area contributed by atoms with E-state index in [0.717, 1.165) is 10.5 Å². The van der Waals surface area contributed by atoms with Crippen molar-refractivity contribution in [3.8, 4) is 5.69 Å². The maximum atomic E-state index is 14.7. The summed E-state index contributed by atoms with van der Waals surface area (Å²) >= 11 is 6.10. The van der Waals surface area contributed by atoms with Crippen LogP contribution in [0.2, 0.25) is 5.02 Å². The van der Waals surface area contributed by atoms with Gasteiger partial charge in [-0.3, -0.25) is 19.5 Å². The molecule has 4 aromatic rings. The minimum Gasteiger partial charge on any atom is -0.295 e. The molecular weight excluding hydrogens is 471 g/mol. The smallest absolute Gasteiger partial charge is 0.295 e. The van der Waals surface area contributed by atoms with Gasteiger partial charge in [0.15, 0.2) is 12.4 Å². The maximum Gasteiger partial charge on any atom is 0.331 e. The number of rotatable bonds is 4. The molecule has 0 saturated carbocycles. The van der Waals surface area contributed by atoms with Gasteiger partial charge < -0.3 is 0 Å². The average Bonchev–Trinajstić information content (AvgIpc) is 3.25. The van der Waals surface area contributed by atoms with E-state index >= 15 is 0 Å². The number of benzene rings is 2. The van der Waals surface area contributed by atoms with E-state index in [1.807, 2.05) is 13.0 Å². The van der Waals surface area contributed by atoms with Crippen molar-refractivity contribution in [1.29, 1.82) is 0 Å². The van der Waals surface area contributed by atoms with Crippen LogP contribution >= 0.6 is 11.6 Å². The fraction of sp³-hybridized carbons (Fsp3) is 0.0769. The van der Waals surface area contributed by atoms with Crippen molar-refractivity contribution in [2.24, 2.45) is 0 Å². The lowest BCUT2D eigenvalue weighted by Crippen LogP contribution is -2.40. The molecule has 0 atom stereocenters. The molecule has 1 aliphatic rings. The average molecular weight is 490 g/mol. The van der Waals surface area contributed by atoms with Gasteiger partial charge in [0, 0.05) is 22.3 Å². The number of H-pyrrole nitrogens is 1. The van der Waals surface area contributed by atoms with E-state index in [1.165, 1.54) is 33.5 Å². The zero-order chi connectivity index (χ0) is 24.9. The summed E-state index contributed by atoms with van der Waals surface area (Å²) in [7, 11) is 0. The largest absolute Gasteiger partial charge is 0.331 e. The molecule has 5 rings (SSSR count). The second-order valence-electron chi connectivity index (χ2n) is 8.14. The molecule has 0 aliphatic carbocycles. The standard InChI is InChI=1S/C26H18ClFN4O3/c1-15-7-6-12-30(14-15)23-22(24(33)31(26(23)35)20-11-4-3-10-19(20)28)21-16(2)29-32(25(21)34)18-9-5-8-17(27)13-18/h3-14H,1-2H3/p+1. The zero-order valence-electron chi connectivity index (χ0n) is 18.8. The number of aromatic nitrogens is 3. The van der Waals surface area contributed by atoms with E-state index in [4.69, 9.17) is 11.6 Å². The number of anilines is 1. The van der Waals surface area contributed by atoms with Crippen molar-refractivity contribution >= 4 is 40.4 Å². The van der Waals surface area contributed by atoms with E-state index in [2.05, 4.69) is 5.10 Å². The predicted octanol–water partition coefficient (Wildman–Crippen LogP) is 3.80. The number of amides is 2. The predicted molar refractivity (Wildman–Crippen MR) is 130 cm³/mol. The van der Waals surface area contributed by atoms with E-state index in [9.17, 15) is 18.8 Å². The van der Waals surface area contributed by atoms with Crippen LogP contribution in [0.25, 0.3) is 17.0 Å². The van der Waals surface area contributed by atoms with Gasteiger partial charge in [-0.05, 0) is 50.2 Å². The highest BCUT2D eigenvalue weighted by molar-refractivity contribution is 6.53. The minimum absolute atomic E-state index is 0.0196. The van der Waals surface area contributed by atoms with E-state index in [-0.39, 0.29) is 22.5 Å². The molecule has 0 radical (unpaired) electrons. The molecule has 0 bridgehead atoms. The summed E-state index contributed by atoms with van der Waals surface area (Å²) in [6.45, 7) is 3.47. The molecule has 0 fully saturated rings. The first-order chi connectivity index (χ1) is 16.8. The topological polar surface area (TPSA) is 79.1 Å². The van der Waals surface area contributed by atoms with Crippen molar-refractivity contribution in [2.75, 3.05) is 4.90 Å². The quantitative estimate of drug-likeness (QED) is 0.350. The van der Waals surface area contributed by atoms with Gasteiger partial charge >= 0.3 is 5.91 Å². The van der Waals surface area contributed by atoms with Crippen LogP contribution < -0.4 is 15.0 Å². The molecule has 0 saturated heterocycles. The molecule has 0 spiro atoms. The summed E-state index contributed by atoms with van der Waals surface area (Å²) in [4.78, 5) is 41.7. The lowest BCUT2D eigenvalue weighted by atomic mass is 10.1. The van der Waals surface area contributed by atoms with Crippen molar-refractivity contribution in [2.45, 2.75) is 13.8 Å². The summed E-state index contributed by atoms with van der Waals surface area (Å²) in [5, 5.41) is 3.39. The number of hydrogen-bond acceptors (Lipinski definition) is 3. The monoisotopic (exact) mass is 489 g/mol. The van der Waals surface area contributed by atoms with Gasteiger partial charge in [-0.2, -0.15) is 4.57 Å². The molecule has 174 valence electrons. The van der Waals surface area contributed by atoms with Gasteiger partial charge in [0.25, 0.3) is 17.2 Å². The number of carbonyl (C=O) groups is 2. The first-order valence-corrected chi connectivity index (χ1v) is 11.1. The molecule has 2 amide bonds. The van der Waals surface area contributed by atoms with Gasteiger partial charge in [-0.25, -0.2) is 14.0 Å². The molecule has 0 unspecified atom stereocenters. The van der Waals surface area contributed by atoms with Gasteiger partial charge in [0.2, 0.25) is 0 Å². The Morgan fingerprint density at radius 2 is 1.71 bits per heavy atom. The Morgan fingerprint density at radius 3 is 2.43 bits per heavy atom. The number of halogens is 2. The Kier molecular flexibility index (Phi) is 5.45. The second-order valence-corrected chi connectivity index (χ2v) is 8.58. The summed E-state index contributed by atoms with van der Waals surface area (Å²) < 4.78 is 17.4. The summed E-state index contributed by atoms with van der Waals surface area (Å²) in [5.74, 6) is -2.26. The third kappa shape index (κ3) is 3.68. The highest BCUT2D eigenvalue weighted by atomic mass is 35.5. The third-order valence-corrected chi connectivity index (χ3v) is 5.98. The van der Waals surface area contributed by atoms with Crippen molar-refractivity contribution in [3.63, 3.8) is 0 Å². The Hall–Kier alpha value is -4.30. The number of aromatic amines is 1. The van der Waals surface area contributed by atoms with E-state index in [0.29, 0.717) is 16.4 Å². The van der Waals surface area contributed by atoms with Crippen LogP contribution in [0.5, 0.6) is 0 Å². The van der Waals surface area contributed by atoms with Crippen LogP contribution in [0, 0.1) is 19.7 Å². The highest BCUT2D eigenvalue weighted by Crippen LogP contribution is 2.34. The maximum absolute atomic E-state index is 14.7. The first kappa shape index (κ1) is 22.5. The van der Waals surface area contributed by atoms with E-state index in [1.54, 1.807) is 49.6 Å². The minimum atomic E-state index is -0.790. The van der Waals surface area contributed by atoms with Crippen molar-refractivity contribution < 1.29 is 18.5 Å². The lowest BCUT2D eigenvalue weighted by Gasteiger charge is -2.14. The molecule has 1 aliphatic heterocycles. The Bertz CT molecular complexity index is 1620. The van der Waals surface area contributed by atoms with Crippen LogP contribution in [0.3, 0.4) is 0 Å². The van der Waals surface area contributed by atoms with E-state index < -0.39 is 23.2 Å². The lowest BCUT2D eigenvalue weighted by molar-refractivity contribution is -0.577. The molecule has 2 aromatic heterocycles. The molecule has 1 N–H and O–H groups in total. The number of imide groups is 1. The number of aryl methyl sites for hydroxylation is 2.